The van der Waals surface area contributed by atoms with Gasteiger partial charge >= 0.3 is 0 Å². The van der Waals surface area contributed by atoms with Crippen LogP contribution in [-0.4, -0.2) is 17.1 Å². The van der Waals surface area contributed by atoms with Crippen LogP contribution in [0.5, 0.6) is 5.75 Å². The third-order valence-corrected chi connectivity index (χ3v) is 3.37. The number of hydrogen-bond acceptors (Lipinski definition) is 3. The van der Waals surface area contributed by atoms with Crippen molar-refractivity contribution in [1.29, 1.82) is 5.26 Å². The van der Waals surface area contributed by atoms with Crippen LogP contribution in [0.15, 0.2) is 24.3 Å². The Hall–Kier alpha value is -2.02. The summed E-state index contributed by atoms with van der Waals surface area (Å²) in [6, 6.07) is 9.00. The van der Waals surface area contributed by atoms with E-state index in [4.69, 9.17) is 5.26 Å². The Bertz CT molecular complexity index is 479. The Balaban J connectivity index is 1.94. The maximum atomic E-state index is 11.9. The summed E-state index contributed by atoms with van der Waals surface area (Å²) in [5, 5.41) is 21.4. The van der Waals surface area contributed by atoms with Crippen LogP contribution in [0, 0.1) is 17.2 Å². The summed E-state index contributed by atoms with van der Waals surface area (Å²) in [7, 11) is 0. The van der Waals surface area contributed by atoms with Gasteiger partial charge in [-0.1, -0.05) is 18.2 Å². The molecule has 1 fully saturated rings. The molecule has 18 heavy (non-hydrogen) atoms. The molecule has 4 heteroatoms. The van der Waals surface area contributed by atoms with Crippen LogP contribution in [0.3, 0.4) is 0 Å². The van der Waals surface area contributed by atoms with Gasteiger partial charge in [0.05, 0.1) is 18.4 Å². The predicted octanol–water partition coefficient (Wildman–Crippen LogP) is 1.74. The number of nitrogens with zero attached hydrogens (tertiary/aromatic N) is 1. The molecule has 94 valence electrons. The molecule has 0 radical (unpaired) electrons. The van der Waals surface area contributed by atoms with Crippen molar-refractivity contribution in [3.63, 3.8) is 0 Å². The zero-order valence-corrected chi connectivity index (χ0v) is 10.1. The van der Waals surface area contributed by atoms with Gasteiger partial charge in [-0.15, -0.1) is 0 Å². The minimum atomic E-state index is -0.136. The van der Waals surface area contributed by atoms with Gasteiger partial charge in [-0.05, 0) is 25.3 Å². The first-order valence-corrected chi connectivity index (χ1v) is 6.16. The number of para-hydroxylation sites is 1. The average Bonchev–Trinajstić information content (AvgIpc) is 2.79. The molecule has 1 aliphatic rings. The monoisotopic (exact) mass is 244 g/mol. The Morgan fingerprint density at radius 3 is 2.94 bits per heavy atom. The van der Waals surface area contributed by atoms with Gasteiger partial charge < -0.3 is 10.4 Å². The highest BCUT2D eigenvalue weighted by Gasteiger charge is 2.28. The van der Waals surface area contributed by atoms with Gasteiger partial charge in [-0.25, -0.2) is 0 Å². The molecule has 0 spiro atoms. The summed E-state index contributed by atoms with van der Waals surface area (Å²) >= 11 is 0. The number of carbonyl (C=O) groups is 1. The smallest absolute Gasteiger partial charge is 0.224 e. The lowest BCUT2D eigenvalue weighted by molar-refractivity contribution is -0.121. The maximum Gasteiger partial charge on any atom is 0.224 e. The second-order valence-electron chi connectivity index (χ2n) is 4.65. The largest absolute Gasteiger partial charge is 0.508 e. The number of benzene rings is 1. The van der Waals surface area contributed by atoms with Gasteiger partial charge in [0.2, 0.25) is 5.91 Å². The van der Waals surface area contributed by atoms with E-state index in [1.807, 2.05) is 0 Å². The van der Waals surface area contributed by atoms with E-state index in [-0.39, 0.29) is 30.0 Å². The SMILES string of the molecule is N#CC1CCCC1NC(=O)Cc1ccccc1O. The lowest BCUT2D eigenvalue weighted by Gasteiger charge is -2.15. The number of aromatic hydroxyl groups is 1. The first-order chi connectivity index (χ1) is 8.70. The van der Waals surface area contributed by atoms with E-state index >= 15 is 0 Å². The van der Waals surface area contributed by atoms with Crippen LogP contribution in [0.2, 0.25) is 0 Å². The normalized spacial score (nSPS) is 22.4. The topological polar surface area (TPSA) is 73.1 Å². The van der Waals surface area contributed by atoms with E-state index < -0.39 is 0 Å². The second-order valence-corrected chi connectivity index (χ2v) is 4.65. The van der Waals surface area contributed by atoms with Crippen molar-refractivity contribution in [2.45, 2.75) is 31.7 Å². The number of hydrogen-bond donors (Lipinski definition) is 2. The Kier molecular flexibility index (Phi) is 3.83. The van der Waals surface area contributed by atoms with Crippen molar-refractivity contribution in [2.75, 3.05) is 0 Å². The van der Waals surface area contributed by atoms with E-state index in [2.05, 4.69) is 11.4 Å². The predicted molar refractivity (Wildman–Crippen MR) is 66.7 cm³/mol. The molecule has 1 amide bonds. The van der Waals surface area contributed by atoms with Crippen molar-refractivity contribution in [3.8, 4) is 11.8 Å². The van der Waals surface area contributed by atoms with Crippen molar-refractivity contribution < 1.29 is 9.90 Å². The summed E-state index contributed by atoms with van der Waals surface area (Å²) in [5.41, 5.74) is 0.613. The summed E-state index contributed by atoms with van der Waals surface area (Å²) in [6.07, 6.45) is 2.86. The van der Waals surface area contributed by atoms with E-state index in [1.54, 1.807) is 24.3 Å². The average molecular weight is 244 g/mol. The molecule has 1 aromatic carbocycles. The number of phenols is 1. The van der Waals surface area contributed by atoms with E-state index in [1.165, 1.54) is 0 Å². The molecule has 4 nitrogen and oxygen atoms in total. The molecule has 2 rings (SSSR count). The standard InChI is InChI=1S/C14H16N2O2/c15-9-11-5-3-6-12(11)16-14(18)8-10-4-1-2-7-13(10)17/h1-2,4,7,11-12,17H,3,5-6,8H2,(H,16,18). The van der Waals surface area contributed by atoms with Gasteiger partial charge in [0.1, 0.15) is 5.75 Å². The Labute approximate surface area is 106 Å². The lowest BCUT2D eigenvalue weighted by Crippen LogP contribution is -2.37. The molecule has 2 unspecified atom stereocenters. The first-order valence-electron chi connectivity index (χ1n) is 6.16. The van der Waals surface area contributed by atoms with Crippen molar-refractivity contribution in [3.05, 3.63) is 29.8 Å². The minimum absolute atomic E-state index is 0.0339. The van der Waals surface area contributed by atoms with E-state index in [0.29, 0.717) is 5.56 Å². The van der Waals surface area contributed by atoms with Crippen LogP contribution in [0.25, 0.3) is 0 Å². The van der Waals surface area contributed by atoms with Gasteiger partial charge in [0.25, 0.3) is 0 Å². The van der Waals surface area contributed by atoms with Crippen LogP contribution in [0.1, 0.15) is 24.8 Å². The lowest BCUT2D eigenvalue weighted by atomic mass is 10.0. The molecular formula is C14H16N2O2. The summed E-state index contributed by atoms with van der Waals surface area (Å²) in [5.74, 6) is -0.0714. The van der Waals surface area contributed by atoms with Gasteiger partial charge in [0, 0.05) is 11.6 Å². The van der Waals surface area contributed by atoms with E-state index in [9.17, 15) is 9.90 Å². The van der Waals surface area contributed by atoms with Crippen molar-refractivity contribution >= 4 is 5.91 Å². The highest BCUT2D eigenvalue weighted by atomic mass is 16.3. The fourth-order valence-electron chi connectivity index (χ4n) is 2.38. The van der Waals surface area contributed by atoms with Crippen molar-refractivity contribution in [2.24, 2.45) is 5.92 Å². The van der Waals surface area contributed by atoms with Crippen LogP contribution >= 0.6 is 0 Å². The molecule has 2 N–H and O–H groups in total. The number of amides is 1. The molecule has 0 saturated heterocycles. The Morgan fingerprint density at radius 2 is 2.22 bits per heavy atom. The minimum Gasteiger partial charge on any atom is -0.508 e. The third-order valence-electron chi connectivity index (χ3n) is 3.37. The van der Waals surface area contributed by atoms with Crippen LogP contribution < -0.4 is 5.32 Å². The number of nitriles is 1. The zero-order chi connectivity index (χ0) is 13.0. The number of nitrogens with one attached hydrogen (secondary N) is 1. The van der Waals surface area contributed by atoms with Gasteiger partial charge in [-0.2, -0.15) is 5.26 Å². The van der Waals surface area contributed by atoms with Crippen LogP contribution in [0.4, 0.5) is 0 Å². The Morgan fingerprint density at radius 1 is 1.44 bits per heavy atom. The maximum absolute atomic E-state index is 11.9. The summed E-state index contributed by atoms with van der Waals surface area (Å²) in [6.45, 7) is 0. The molecule has 1 aliphatic carbocycles. The molecular weight excluding hydrogens is 228 g/mol. The third kappa shape index (κ3) is 2.80. The molecule has 0 aliphatic heterocycles. The fourth-order valence-corrected chi connectivity index (χ4v) is 2.38. The first kappa shape index (κ1) is 12.4. The fraction of sp³-hybridized carbons (Fsp3) is 0.429. The molecule has 2 atom stereocenters. The van der Waals surface area contributed by atoms with Gasteiger partial charge in [-0.3, -0.25) is 4.79 Å². The van der Waals surface area contributed by atoms with Gasteiger partial charge in [0.15, 0.2) is 0 Å². The molecule has 0 heterocycles. The number of carbonyl (C=O) groups excluding carboxylic acids is 1. The van der Waals surface area contributed by atoms with E-state index in [0.717, 1.165) is 19.3 Å². The van der Waals surface area contributed by atoms with Crippen LogP contribution in [-0.2, 0) is 11.2 Å². The molecule has 1 aromatic rings. The molecule has 0 aromatic heterocycles. The number of rotatable bonds is 3. The summed E-state index contributed by atoms with van der Waals surface area (Å²) < 4.78 is 0. The number of phenolic OH excluding ortho intramolecular Hbond substituents is 1. The zero-order valence-electron chi connectivity index (χ0n) is 10.1. The molecule has 0 bridgehead atoms. The molecule has 1 saturated carbocycles. The highest BCUT2D eigenvalue weighted by molar-refractivity contribution is 5.79. The highest BCUT2D eigenvalue weighted by Crippen LogP contribution is 2.25. The second kappa shape index (κ2) is 5.54. The van der Waals surface area contributed by atoms with Crippen molar-refractivity contribution in [1.82, 2.24) is 5.32 Å². The summed E-state index contributed by atoms with van der Waals surface area (Å²) in [4.78, 5) is 11.9. The quantitative estimate of drug-likeness (QED) is 0.850.